The van der Waals surface area contributed by atoms with Gasteiger partial charge in [0.1, 0.15) is 0 Å². The van der Waals surface area contributed by atoms with Crippen molar-refractivity contribution in [3.63, 3.8) is 0 Å². The van der Waals surface area contributed by atoms with Crippen LogP contribution in [0.25, 0.3) is 65.3 Å². The van der Waals surface area contributed by atoms with Gasteiger partial charge >= 0.3 is 101 Å². The number of benzene rings is 8. The van der Waals surface area contributed by atoms with E-state index in [4.69, 9.17) is 0 Å². The van der Waals surface area contributed by atoms with E-state index in [-0.39, 0.29) is 24.8 Å². The fourth-order valence-electron chi connectivity index (χ4n) is 7.71. The fraction of sp³-hybridized carbons (Fsp3) is 0.0385. The molecule has 10 aromatic rings. The van der Waals surface area contributed by atoms with E-state index in [2.05, 4.69) is 220 Å². The second-order valence-corrected chi connectivity index (χ2v) is 24.1. The molecule has 10 aromatic carbocycles. The number of rotatable bonds is 4. The van der Waals surface area contributed by atoms with Gasteiger partial charge in [-0.25, -0.2) is 0 Å². The van der Waals surface area contributed by atoms with Crippen molar-refractivity contribution < 1.29 is 46.4 Å². The molecule has 272 valence electrons. The maximum atomic E-state index is 2.28. The summed E-state index contributed by atoms with van der Waals surface area (Å²) in [7, 11) is -1.11. The molecule has 0 spiro atoms. The van der Waals surface area contributed by atoms with Crippen LogP contribution < -0.4 is 33.6 Å². The normalized spacial score (nSPS) is 10.5. The van der Waals surface area contributed by atoms with Gasteiger partial charge in [-0.1, -0.05) is 122 Å². The molecule has 0 aliphatic rings. The van der Waals surface area contributed by atoms with E-state index in [0.29, 0.717) is 0 Å². The van der Waals surface area contributed by atoms with Gasteiger partial charge in [0.05, 0.1) is 0 Å². The Hall–Kier alpha value is -4.49. The molecule has 0 radical (unpaired) electrons. The second kappa shape index (κ2) is 19.1. The van der Waals surface area contributed by atoms with Crippen LogP contribution in [0.4, 0.5) is 0 Å². The molecular weight excluding hydrogens is 859 g/mol. The van der Waals surface area contributed by atoms with Crippen LogP contribution in [0.1, 0.15) is 11.1 Å². The first-order valence-electron chi connectivity index (χ1n) is 18.5. The van der Waals surface area contributed by atoms with Crippen molar-refractivity contribution in [3.8, 4) is 22.3 Å². The molecule has 0 atom stereocenters. The first-order chi connectivity index (χ1) is 26.6. The molecule has 0 amide bonds. The van der Waals surface area contributed by atoms with E-state index in [1.165, 1.54) is 76.5 Å². The average Bonchev–Trinajstić information content (AvgIpc) is 3.76. The third kappa shape index (κ3) is 8.73. The first kappa shape index (κ1) is 41.1. The van der Waals surface area contributed by atoms with Gasteiger partial charge in [0, 0.05) is 0 Å². The Morgan fingerprint density at radius 3 is 1.09 bits per heavy atom. The van der Waals surface area contributed by atoms with E-state index < -0.39 is 9.98 Å². The molecule has 0 aliphatic heterocycles. The molecule has 0 bridgehead atoms. The number of fused-ring (bicyclic) bond motifs is 4. The van der Waals surface area contributed by atoms with Gasteiger partial charge in [0.15, 0.2) is 0 Å². The van der Waals surface area contributed by atoms with Crippen LogP contribution in [0, 0.1) is 13.8 Å². The van der Waals surface area contributed by atoms with E-state index >= 15 is 0 Å². The molecule has 0 aromatic heterocycles. The third-order valence-electron chi connectivity index (χ3n) is 10.2. The quantitative estimate of drug-likeness (QED) is 0.136. The van der Waals surface area contributed by atoms with Gasteiger partial charge in [-0.05, 0) is 21.5 Å². The minimum atomic E-state index is -1.11. The van der Waals surface area contributed by atoms with Crippen LogP contribution in [-0.4, -0.2) is 9.98 Å². The van der Waals surface area contributed by atoms with Crippen LogP contribution in [0.3, 0.4) is 0 Å². The Labute approximate surface area is 358 Å². The summed E-state index contributed by atoms with van der Waals surface area (Å²) in [5.74, 6) is 0. The zero-order chi connectivity index (χ0) is 36.9. The van der Waals surface area contributed by atoms with Crippen LogP contribution in [0.2, 0.25) is 0 Å². The average molecular weight is 900 g/mol. The summed E-state index contributed by atoms with van der Waals surface area (Å²) in [6.07, 6.45) is 0. The Balaban J connectivity index is 0.000000142. The number of hydrogen-bond donors (Lipinski definition) is 0. The molecule has 0 aliphatic carbocycles. The van der Waals surface area contributed by atoms with Crippen molar-refractivity contribution in [1.29, 1.82) is 0 Å². The Kier molecular flexibility index (Phi) is 14.0. The number of halogens is 2. The summed E-state index contributed by atoms with van der Waals surface area (Å²) < 4.78 is 3.16. The third-order valence-corrected chi connectivity index (χ3v) is 21.4. The Morgan fingerprint density at radius 2 is 0.679 bits per heavy atom. The molecule has 0 heterocycles. The summed E-state index contributed by atoms with van der Waals surface area (Å²) in [6.45, 7) is 4.41. The molecule has 4 heteroatoms. The SMILES string of the molecule is Cc1[cH-]c2ccccc2c1-c1cccc2ccccc12.Cc1[cH-]c2ccccc2c1-c1cccc2ccccc12.[Cl-].[Cl-].[Zr+2]=[Ge]([c]1ccccc1)[c]1ccccc1. The van der Waals surface area contributed by atoms with Crippen LogP contribution in [-0.2, 0) is 21.6 Å². The predicted molar refractivity (Wildman–Crippen MR) is 232 cm³/mol. The molecule has 0 nitrogen and oxygen atoms in total. The van der Waals surface area contributed by atoms with E-state index in [1.807, 2.05) is 0 Å². The van der Waals surface area contributed by atoms with Crippen LogP contribution in [0.5, 0.6) is 0 Å². The van der Waals surface area contributed by atoms with Crippen molar-refractivity contribution in [3.05, 3.63) is 217 Å². The van der Waals surface area contributed by atoms with Gasteiger partial charge in [-0.15, -0.1) is 92.3 Å². The van der Waals surface area contributed by atoms with Gasteiger partial charge in [-0.3, -0.25) is 0 Å². The fourth-order valence-corrected chi connectivity index (χ4v) is 14.9. The first-order valence-corrected chi connectivity index (χ1v) is 28.1. The molecular formula is C52H40Cl2GeZr-2. The van der Waals surface area contributed by atoms with Crippen molar-refractivity contribution in [2.75, 3.05) is 0 Å². The number of hydrogen-bond acceptors (Lipinski definition) is 0. The molecule has 0 N–H and O–H groups in total. The summed E-state index contributed by atoms with van der Waals surface area (Å²) in [5.41, 5.74) is 8.11. The molecule has 56 heavy (non-hydrogen) atoms. The second-order valence-electron chi connectivity index (χ2n) is 13.7. The van der Waals surface area contributed by atoms with Crippen molar-refractivity contribution in [2.24, 2.45) is 0 Å². The zero-order valence-corrected chi connectivity index (χ0v) is 37.5. The van der Waals surface area contributed by atoms with Crippen LogP contribution in [0.15, 0.2) is 206 Å². The molecule has 0 saturated carbocycles. The van der Waals surface area contributed by atoms with Crippen molar-refractivity contribution in [1.82, 2.24) is 0 Å². The summed E-state index contributed by atoms with van der Waals surface area (Å²) in [4.78, 5) is 0. The Bertz CT molecular complexity index is 2660. The minimum absolute atomic E-state index is 0. The van der Waals surface area contributed by atoms with E-state index in [1.54, 1.807) is 30.4 Å². The monoisotopic (exact) mass is 898 g/mol. The molecule has 0 fully saturated rings. The van der Waals surface area contributed by atoms with Gasteiger partial charge < -0.3 is 24.8 Å². The Morgan fingerprint density at radius 1 is 0.357 bits per heavy atom. The van der Waals surface area contributed by atoms with E-state index in [0.717, 1.165) is 0 Å². The molecule has 0 unspecified atom stereocenters. The van der Waals surface area contributed by atoms with Crippen molar-refractivity contribution >= 4 is 61.9 Å². The summed E-state index contributed by atoms with van der Waals surface area (Å²) in [5, 5.41) is 10.6. The predicted octanol–water partition coefficient (Wildman–Crippen LogP) is 6.72. The van der Waals surface area contributed by atoms with Gasteiger partial charge in [0.2, 0.25) is 0 Å². The summed E-state index contributed by atoms with van der Waals surface area (Å²) >= 11 is 1.71. The zero-order valence-electron chi connectivity index (χ0n) is 31.4. The maximum absolute atomic E-state index is 2.28. The topological polar surface area (TPSA) is 0 Å². The molecule has 10 rings (SSSR count). The van der Waals surface area contributed by atoms with Gasteiger partial charge in [0.25, 0.3) is 0 Å². The number of aryl methyl sites for hydroxylation is 2. The van der Waals surface area contributed by atoms with Crippen molar-refractivity contribution in [2.45, 2.75) is 13.8 Å². The van der Waals surface area contributed by atoms with Crippen LogP contribution >= 0.6 is 0 Å². The summed E-state index contributed by atoms with van der Waals surface area (Å²) in [6, 6.07) is 74.1. The molecule has 0 saturated heterocycles. The standard InChI is InChI=1S/2C20H15.C12H10Ge.2ClH.Zr/c2*1-14-13-16-8-3-5-11-18(16)20(14)19-12-6-9-15-7-2-4-10-17(15)19;1-3-7-11(8-4-1)13-12-9-5-2-6-10-12;;;/h2*2-13H,1H3;1-10H;2*1H;/q2*-1;;;;+2/p-2. The van der Waals surface area contributed by atoms with E-state index in [9.17, 15) is 0 Å². The van der Waals surface area contributed by atoms with Gasteiger partial charge in [-0.2, -0.15) is 0 Å².